The Bertz CT molecular complexity index is 1440. The molecule has 0 unspecified atom stereocenters. The minimum absolute atomic E-state index is 0.108. The van der Waals surface area contributed by atoms with Crippen LogP contribution >= 0.6 is 0 Å². The van der Waals surface area contributed by atoms with Crippen LogP contribution in [0.5, 0.6) is 5.75 Å². The van der Waals surface area contributed by atoms with Gasteiger partial charge in [0.05, 0.1) is 30.4 Å². The van der Waals surface area contributed by atoms with Crippen LogP contribution in [0.25, 0.3) is 0 Å². The van der Waals surface area contributed by atoms with E-state index in [0.29, 0.717) is 35.8 Å². The second-order valence-electron chi connectivity index (χ2n) is 12.0. The quantitative estimate of drug-likeness (QED) is 0.299. The predicted molar refractivity (Wildman–Crippen MR) is 179 cm³/mol. The van der Waals surface area contributed by atoms with Gasteiger partial charge >= 0.3 is 6.03 Å². The number of anilines is 2. The summed E-state index contributed by atoms with van der Waals surface area (Å²) in [5.74, 6) is -0.225. The number of rotatable bonds is 7. The lowest BCUT2D eigenvalue weighted by molar-refractivity contribution is -0.0149. The molecule has 4 atom stereocenters. The van der Waals surface area contributed by atoms with Crippen molar-refractivity contribution in [1.82, 2.24) is 9.80 Å². The smallest absolute Gasteiger partial charge is 0.323 e. The number of hydrogen-bond donors (Lipinski definition) is 3. The van der Waals surface area contributed by atoms with Gasteiger partial charge in [-0.3, -0.25) is 9.59 Å². The highest BCUT2D eigenvalue weighted by Crippen LogP contribution is 2.29. The van der Waals surface area contributed by atoms with Gasteiger partial charge in [0.1, 0.15) is 5.75 Å². The molecule has 0 spiro atoms. The Kier molecular flexibility index (Phi) is 12.6. The van der Waals surface area contributed by atoms with E-state index in [2.05, 4.69) is 10.6 Å². The van der Waals surface area contributed by atoms with Crippen LogP contribution in [-0.4, -0.2) is 84.4 Å². The van der Waals surface area contributed by atoms with E-state index in [-0.39, 0.29) is 48.7 Å². The second-order valence-corrected chi connectivity index (χ2v) is 12.0. The fraction of sp³-hybridized carbons (Fsp3) is 0.417. The number of nitrogens with one attached hydrogen (secondary N) is 2. The highest BCUT2D eigenvalue weighted by molar-refractivity contribution is 6.02. The number of aliphatic hydroxyl groups excluding tert-OH is 1. The molecule has 10 nitrogen and oxygen atoms in total. The van der Waals surface area contributed by atoms with Crippen LogP contribution < -0.4 is 15.4 Å². The lowest BCUT2D eigenvalue weighted by Gasteiger charge is -2.36. The van der Waals surface area contributed by atoms with Crippen LogP contribution in [0.1, 0.15) is 60.7 Å². The van der Waals surface area contributed by atoms with Gasteiger partial charge in [0, 0.05) is 49.6 Å². The van der Waals surface area contributed by atoms with Crippen LogP contribution in [-0.2, 0) is 4.74 Å². The summed E-state index contributed by atoms with van der Waals surface area (Å²) >= 11 is 0. The van der Waals surface area contributed by atoms with Crippen molar-refractivity contribution in [3.8, 4) is 5.75 Å². The molecule has 1 aliphatic heterocycles. The normalized spacial score (nSPS) is 20.0. The van der Waals surface area contributed by atoms with Crippen LogP contribution in [0.3, 0.4) is 0 Å². The first kappa shape index (κ1) is 34.5. The highest BCUT2D eigenvalue weighted by atomic mass is 16.5. The van der Waals surface area contributed by atoms with Gasteiger partial charge in [-0.2, -0.15) is 0 Å². The third-order valence-electron chi connectivity index (χ3n) is 8.16. The van der Waals surface area contributed by atoms with E-state index >= 15 is 0 Å². The standard InChI is InChI=1S/C36H46N4O6/c1-25-22-40(26(2)24-41)35(43)31-21-30(38-36(44)37-29-16-9-6-10-17-29)18-19-32(31)46-27(3)13-11-12-20-45-33(25)23-39(4)34(42)28-14-7-5-8-15-28/h5-10,14-19,21,25-27,33,41H,11-13,20,22-24H2,1-4H3,(H2,37,38,44)/t25-,26+,27+,33+/m0/s1. The highest BCUT2D eigenvalue weighted by Gasteiger charge is 2.31. The molecule has 0 saturated carbocycles. The maximum atomic E-state index is 14.3. The van der Waals surface area contributed by atoms with Crippen molar-refractivity contribution < 1.29 is 29.0 Å². The average Bonchev–Trinajstić information content (AvgIpc) is 3.06. The van der Waals surface area contributed by atoms with Crippen LogP contribution in [0.4, 0.5) is 16.2 Å². The van der Waals surface area contributed by atoms with Crippen LogP contribution in [0.2, 0.25) is 0 Å². The molecule has 3 aromatic carbocycles. The fourth-order valence-corrected chi connectivity index (χ4v) is 5.43. The number of ether oxygens (including phenoxy) is 2. The third kappa shape index (κ3) is 9.55. The van der Waals surface area contributed by atoms with E-state index in [4.69, 9.17) is 9.47 Å². The van der Waals surface area contributed by atoms with Crippen molar-refractivity contribution in [2.45, 2.75) is 58.3 Å². The molecular weight excluding hydrogens is 584 g/mol. The number of benzene rings is 3. The number of hydrogen-bond acceptors (Lipinski definition) is 6. The van der Waals surface area contributed by atoms with Gasteiger partial charge in [0.25, 0.3) is 11.8 Å². The summed E-state index contributed by atoms with van der Waals surface area (Å²) in [7, 11) is 1.76. The molecule has 0 bridgehead atoms. The second kappa shape index (κ2) is 16.8. The van der Waals surface area contributed by atoms with E-state index in [0.717, 1.165) is 19.3 Å². The monoisotopic (exact) mass is 630 g/mol. The van der Waals surface area contributed by atoms with Crippen LogP contribution in [0, 0.1) is 5.92 Å². The van der Waals surface area contributed by atoms with Crippen molar-refractivity contribution in [2.75, 3.05) is 44.0 Å². The van der Waals surface area contributed by atoms with Gasteiger partial charge in [0.2, 0.25) is 0 Å². The van der Waals surface area contributed by atoms with Gasteiger partial charge in [0.15, 0.2) is 0 Å². The number of urea groups is 1. The molecule has 46 heavy (non-hydrogen) atoms. The molecule has 0 fully saturated rings. The molecule has 3 aromatic rings. The number of aliphatic hydroxyl groups is 1. The lowest BCUT2D eigenvalue weighted by atomic mass is 10.0. The molecule has 0 radical (unpaired) electrons. The topological polar surface area (TPSA) is 120 Å². The first-order valence-electron chi connectivity index (χ1n) is 15.9. The number of carbonyl (C=O) groups is 3. The Balaban J connectivity index is 1.60. The maximum Gasteiger partial charge on any atom is 0.323 e. The first-order chi connectivity index (χ1) is 22.2. The number of amides is 4. The minimum atomic E-state index is -0.518. The number of likely N-dealkylation sites (N-methyl/N-ethyl adjacent to an activating group) is 1. The van der Waals surface area contributed by atoms with E-state index < -0.39 is 12.1 Å². The third-order valence-corrected chi connectivity index (χ3v) is 8.16. The number of fused-ring (bicyclic) bond motifs is 1. The summed E-state index contributed by atoms with van der Waals surface area (Å²) in [4.78, 5) is 43.5. The molecule has 1 aliphatic rings. The van der Waals surface area contributed by atoms with E-state index in [1.807, 2.05) is 50.2 Å². The molecule has 4 rings (SSSR count). The number of carbonyl (C=O) groups excluding carboxylic acids is 3. The summed E-state index contributed by atoms with van der Waals surface area (Å²) in [6.45, 7) is 6.60. The summed E-state index contributed by atoms with van der Waals surface area (Å²) < 4.78 is 12.7. The van der Waals surface area contributed by atoms with Crippen molar-refractivity contribution in [3.63, 3.8) is 0 Å². The summed E-state index contributed by atoms with van der Waals surface area (Å²) in [6.07, 6.45) is 1.89. The summed E-state index contributed by atoms with van der Waals surface area (Å²) in [5, 5.41) is 15.8. The molecule has 3 N–H and O–H groups in total. The minimum Gasteiger partial charge on any atom is -0.490 e. The fourth-order valence-electron chi connectivity index (χ4n) is 5.43. The average molecular weight is 631 g/mol. The SMILES string of the molecule is C[C@@H]1CCCCO[C@H](CN(C)C(=O)c2ccccc2)[C@@H](C)CN([C@H](C)CO)C(=O)c2cc(NC(=O)Nc3ccccc3)ccc2O1. The molecule has 10 heteroatoms. The zero-order chi connectivity index (χ0) is 33.1. The lowest BCUT2D eigenvalue weighted by Crippen LogP contribution is -2.48. The Hall–Kier alpha value is -4.41. The molecule has 4 amide bonds. The molecule has 0 saturated heterocycles. The van der Waals surface area contributed by atoms with Crippen LogP contribution in [0.15, 0.2) is 78.9 Å². The molecule has 0 aromatic heterocycles. The molecule has 0 aliphatic carbocycles. The van der Waals surface area contributed by atoms with Crippen molar-refractivity contribution in [3.05, 3.63) is 90.0 Å². The molecular formula is C36H46N4O6. The van der Waals surface area contributed by atoms with Gasteiger partial charge < -0.3 is 35.0 Å². The van der Waals surface area contributed by atoms with Gasteiger partial charge in [-0.25, -0.2) is 4.79 Å². The zero-order valence-corrected chi connectivity index (χ0v) is 27.1. The Morgan fingerprint density at radius 1 is 0.978 bits per heavy atom. The first-order valence-corrected chi connectivity index (χ1v) is 15.9. The van der Waals surface area contributed by atoms with Crippen molar-refractivity contribution >= 4 is 29.2 Å². The van der Waals surface area contributed by atoms with Gasteiger partial charge in [-0.05, 0) is 75.6 Å². The number of para-hydroxylation sites is 1. The van der Waals surface area contributed by atoms with E-state index in [1.54, 1.807) is 66.2 Å². The van der Waals surface area contributed by atoms with E-state index in [1.165, 1.54) is 0 Å². The Morgan fingerprint density at radius 3 is 2.35 bits per heavy atom. The number of nitrogens with zero attached hydrogens (tertiary/aromatic N) is 2. The Morgan fingerprint density at radius 2 is 1.65 bits per heavy atom. The molecule has 1 heterocycles. The van der Waals surface area contributed by atoms with Gasteiger partial charge in [-0.15, -0.1) is 0 Å². The Labute approximate surface area is 271 Å². The van der Waals surface area contributed by atoms with Crippen molar-refractivity contribution in [2.24, 2.45) is 5.92 Å². The zero-order valence-electron chi connectivity index (χ0n) is 27.1. The van der Waals surface area contributed by atoms with E-state index in [9.17, 15) is 19.5 Å². The van der Waals surface area contributed by atoms with Gasteiger partial charge in [-0.1, -0.05) is 43.3 Å². The van der Waals surface area contributed by atoms with Crippen molar-refractivity contribution in [1.29, 1.82) is 0 Å². The summed E-state index contributed by atoms with van der Waals surface area (Å²) in [6, 6.07) is 22.2. The molecule has 246 valence electrons. The largest absolute Gasteiger partial charge is 0.490 e. The predicted octanol–water partition coefficient (Wildman–Crippen LogP) is 5.90. The summed E-state index contributed by atoms with van der Waals surface area (Å²) in [5.41, 5.74) is 1.93. The maximum absolute atomic E-state index is 14.3.